The highest BCUT2D eigenvalue weighted by Crippen LogP contribution is 2.08. The van der Waals surface area contributed by atoms with Crippen LogP contribution in [0.4, 0.5) is 0 Å². The molecule has 0 saturated heterocycles. The molecule has 102 valence electrons. The van der Waals surface area contributed by atoms with Crippen LogP contribution >= 0.6 is 0 Å². The number of carbonyl (C=O) groups is 2. The number of carboxylic acids is 1. The molecule has 0 unspecified atom stereocenters. The zero-order chi connectivity index (χ0) is 14.4. The van der Waals surface area contributed by atoms with Gasteiger partial charge in [-0.05, 0) is 12.1 Å². The van der Waals surface area contributed by atoms with E-state index in [4.69, 9.17) is 9.63 Å². The molecular weight excluding hydrogens is 262 g/mol. The molecular formula is C13H11N3O4. The van der Waals surface area contributed by atoms with Gasteiger partial charge in [-0.2, -0.15) is 0 Å². The number of hydrogen-bond acceptors (Lipinski definition) is 5. The molecule has 2 aromatic rings. The molecule has 7 nitrogen and oxygen atoms in total. The average molecular weight is 273 g/mol. The number of amides is 1. The van der Waals surface area contributed by atoms with Crippen molar-refractivity contribution in [2.75, 3.05) is 0 Å². The number of pyridine rings is 1. The highest BCUT2D eigenvalue weighted by atomic mass is 16.5. The molecule has 0 fully saturated rings. The maximum Gasteiger partial charge on any atom is 0.328 e. The van der Waals surface area contributed by atoms with Crippen molar-refractivity contribution in [1.29, 1.82) is 0 Å². The van der Waals surface area contributed by atoms with E-state index in [0.29, 0.717) is 11.3 Å². The number of carbonyl (C=O) groups excluding carboxylic acids is 1. The summed E-state index contributed by atoms with van der Waals surface area (Å²) in [7, 11) is 0. The zero-order valence-electron chi connectivity index (χ0n) is 10.3. The topological polar surface area (TPSA) is 105 Å². The van der Waals surface area contributed by atoms with Crippen molar-refractivity contribution in [2.45, 2.75) is 6.54 Å². The number of carboxylic acid groups (broad SMARTS) is 1. The van der Waals surface area contributed by atoms with E-state index in [2.05, 4.69) is 15.5 Å². The third-order valence-electron chi connectivity index (χ3n) is 2.37. The Morgan fingerprint density at radius 2 is 2.20 bits per heavy atom. The van der Waals surface area contributed by atoms with Gasteiger partial charge in [0.25, 0.3) is 5.91 Å². The first-order valence-corrected chi connectivity index (χ1v) is 5.70. The van der Waals surface area contributed by atoms with E-state index in [1.807, 2.05) is 0 Å². The lowest BCUT2D eigenvalue weighted by molar-refractivity contribution is -0.131. The lowest BCUT2D eigenvalue weighted by Gasteiger charge is -2.05. The molecule has 0 aliphatic carbocycles. The average Bonchev–Trinajstić information content (AvgIpc) is 2.96. The molecule has 0 aliphatic heterocycles. The molecule has 2 aromatic heterocycles. The van der Waals surface area contributed by atoms with Crippen molar-refractivity contribution in [2.24, 2.45) is 0 Å². The molecule has 2 N–H and O–H groups in total. The lowest BCUT2D eigenvalue weighted by Crippen LogP contribution is -2.24. The van der Waals surface area contributed by atoms with Crippen molar-refractivity contribution in [3.63, 3.8) is 0 Å². The largest absolute Gasteiger partial charge is 0.478 e. The Kier molecular flexibility index (Phi) is 4.23. The van der Waals surface area contributed by atoms with Gasteiger partial charge in [0, 0.05) is 23.9 Å². The number of aromatic nitrogens is 2. The molecule has 0 bridgehead atoms. The summed E-state index contributed by atoms with van der Waals surface area (Å²) in [6, 6.07) is 4.86. The van der Waals surface area contributed by atoms with Gasteiger partial charge in [-0.25, -0.2) is 4.79 Å². The minimum absolute atomic E-state index is 0.143. The molecule has 20 heavy (non-hydrogen) atoms. The molecule has 0 spiro atoms. The maximum atomic E-state index is 12.0. The van der Waals surface area contributed by atoms with Gasteiger partial charge < -0.3 is 14.9 Å². The number of nitrogens with one attached hydrogen (secondary N) is 1. The van der Waals surface area contributed by atoms with E-state index >= 15 is 0 Å². The highest BCUT2D eigenvalue weighted by molar-refractivity contribution is 5.97. The summed E-state index contributed by atoms with van der Waals surface area (Å²) < 4.78 is 4.85. The van der Waals surface area contributed by atoms with Crippen LogP contribution in [0.5, 0.6) is 0 Å². The first-order chi connectivity index (χ1) is 9.66. The molecule has 0 aliphatic rings. The Morgan fingerprint density at radius 1 is 1.35 bits per heavy atom. The smallest absolute Gasteiger partial charge is 0.328 e. The number of nitrogens with zero attached hydrogens (tertiary/aromatic N) is 2. The van der Waals surface area contributed by atoms with Crippen molar-refractivity contribution in [3.8, 4) is 0 Å². The predicted molar refractivity (Wildman–Crippen MR) is 68.6 cm³/mol. The second-order valence-electron chi connectivity index (χ2n) is 3.77. The van der Waals surface area contributed by atoms with Crippen LogP contribution in [-0.4, -0.2) is 27.1 Å². The van der Waals surface area contributed by atoms with Crippen LogP contribution in [0.3, 0.4) is 0 Å². The van der Waals surface area contributed by atoms with Crippen molar-refractivity contribution < 1.29 is 19.2 Å². The first-order valence-electron chi connectivity index (χ1n) is 5.70. The SMILES string of the molecule is O=C(O)/C=C/c1cccnc1C(=O)NCc1ccno1. The first kappa shape index (κ1) is 13.5. The second-order valence-corrected chi connectivity index (χ2v) is 3.77. The molecule has 2 rings (SSSR count). The molecule has 1 amide bonds. The summed E-state index contributed by atoms with van der Waals surface area (Å²) in [6.07, 6.45) is 5.20. The quantitative estimate of drug-likeness (QED) is 0.790. The minimum atomic E-state index is -1.10. The summed E-state index contributed by atoms with van der Waals surface area (Å²) in [5.41, 5.74) is 0.564. The number of aliphatic carboxylic acids is 1. The van der Waals surface area contributed by atoms with E-state index in [1.165, 1.54) is 18.5 Å². The summed E-state index contributed by atoms with van der Waals surface area (Å²) in [5.74, 6) is -1.01. The van der Waals surface area contributed by atoms with E-state index in [0.717, 1.165) is 6.08 Å². The van der Waals surface area contributed by atoms with Crippen LogP contribution < -0.4 is 5.32 Å². The second kappa shape index (κ2) is 6.28. The normalized spacial score (nSPS) is 10.6. The molecule has 0 atom stereocenters. The van der Waals surface area contributed by atoms with Crippen molar-refractivity contribution >= 4 is 18.0 Å². The van der Waals surface area contributed by atoms with Gasteiger partial charge in [0.1, 0.15) is 5.69 Å². The van der Waals surface area contributed by atoms with Crippen LogP contribution in [0.1, 0.15) is 21.8 Å². The van der Waals surface area contributed by atoms with E-state index in [1.54, 1.807) is 18.2 Å². The Balaban J connectivity index is 2.11. The minimum Gasteiger partial charge on any atom is -0.478 e. The van der Waals surface area contributed by atoms with Gasteiger partial charge in [0.05, 0.1) is 12.7 Å². The van der Waals surface area contributed by atoms with E-state index in [9.17, 15) is 9.59 Å². The summed E-state index contributed by atoms with van der Waals surface area (Å²) in [5, 5.41) is 14.7. The standard InChI is InChI=1S/C13H11N3O4/c17-11(18)4-3-9-2-1-6-14-12(9)13(19)15-8-10-5-7-16-20-10/h1-7H,8H2,(H,15,19)(H,17,18)/b4-3+. The van der Waals surface area contributed by atoms with Gasteiger partial charge in [0.2, 0.25) is 0 Å². The third kappa shape index (κ3) is 3.52. The highest BCUT2D eigenvalue weighted by Gasteiger charge is 2.11. The van der Waals surface area contributed by atoms with Crippen molar-refractivity contribution in [3.05, 3.63) is 53.7 Å². The van der Waals surface area contributed by atoms with Gasteiger partial charge in [-0.3, -0.25) is 9.78 Å². The Bertz CT molecular complexity index is 635. The fraction of sp³-hybridized carbons (Fsp3) is 0.0769. The third-order valence-corrected chi connectivity index (χ3v) is 2.37. The summed E-state index contributed by atoms with van der Waals surface area (Å²) >= 11 is 0. The Hall–Kier alpha value is -2.96. The van der Waals surface area contributed by atoms with Gasteiger partial charge in [-0.1, -0.05) is 11.2 Å². The van der Waals surface area contributed by atoms with Crippen LogP contribution in [0.15, 0.2) is 41.2 Å². The fourth-order valence-corrected chi connectivity index (χ4v) is 1.49. The number of rotatable bonds is 5. The van der Waals surface area contributed by atoms with Crippen LogP contribution in [0, 0.1) is 0 Å². The summed E-state index contributed by atoms with van der Waals surface area (Å²) in [6.45, 7) is 0.178. The van der Waals surface area contributed by atoms with E-state index in [-0.39, 0.29) is 12.2 Å². The maximum absolute atomic E-state index is 12.0. The monoisotopic (exact) mass is 273 g/mol. The molecule has 0 saturated carbocycles. The predicted octanol–water partition coefficient (Wildman–Crippen LogP) is 1.10. The molecule has 7 heteroatoms. The molecule has 2 heterocycles. The Morgan fingerprint density at radius 3 is 2.90 bits per heavy atom. The van der Waals surface area contributed by atoms with Crippen LogP contribution in [0.25, 0.3) is 6.08 Å². The molecule has 0 radical (unpaired) electrons. The Labute approximate surface area is 113 Å². The zero-order valence-corrected chi connectivity index (χ0v) is 10.3. The van der Waals surface area contributed by atoms with Gasteiger partial charge in [0.15, 0.2) is 5.76 Å². The van der Waals surface area contributed by atoms with Crippen molar-refractivity contribution in [1.82, 2.24) is 15.5 Å². The fourth-order valence-electron chi connectivity index (χ4n) is 1.49. The molecule has 0 aromatic carbocycles. The van der Waals surface area contributed by atoms with Crippen LogP contribution in [0.2, 0.25) is 0 Å². The van der Waals surface area contributed by atoms with Gasteiger partial charge >= 0.3 is 5.97 Å². The summed E-state index contributed by atoms with van der Waals surface area (Å²) in [4.78, 5) is 26.5. The number of hydrogen-bond donors (Lipinski definition) is 2. The van der Waals surface area contributed by atoms with E-state index < -0.39 is 11.9 Å². The lowest BCUT2D eigenvalue weighted by atomic mass is 10.1. The van der Waals surface area contributed by atoms with Gasteiger partial charge in [-0.15, -0.1) is 0 Å². The van der Waals surface area contributed by atoms with Crippen LogP contribution in [-0.2, 0) is 11.3 Å².